The summed E-state index contributed by atoms with van der Waals surface area (Å²) in [5.74, 6) is -6.47. The number of fused-ring (bicyclic) bond motifs is 1. The van der Waals surface area contributed by atoms with Crippen molar-refractivity contribution in [3.05, 3.63) is 11.3 Å². The number of nitrogens with zero attached hydrogens (tertiary/aromatic N) is 5. The maximum Gasteiger partial charge on any atom is 0.352 e. The van der Waals surface area contributed by atoms with Gasteiger partial charge in [-0.1, -0.05) is 11.8 Å². The van der Waals surface area contributed by atoms with Crippen molar-refractivity contribution in [2.24, 2.45) is 18.9 Å². The largest absolute Gasteiger partial charge is 0.481 e. The number of carboxylic acid groups (broad SMARTS) is 2. The van der Waals surface area contributed by atoms with Crippen LogP contribution in [0.1, 0.15) is 25.7 Å². The summed E-state index contributed by atoms with van der Waals surface area (Å²) in [7, 11) is 2.76. The number of β-lactam (4-membered cyclic amide) rings is 1. The first-order valence-electron chi connectivity index (χ1n) is 11.1. The van der Waals surface area contributed by atoms with Gasteiger partial charge in [0.25, 0.3) is 11.6 Å². The van der Waals surface area contributed by atoms with Gasteiger partial charge < -0.3 is 30.1 Å². The number of thioether (sulfide) groups is 1. The van der Waals surface area contributed by atoms with Crippen LogP contribution in [0.4, 0.5) is 0 Å². The van der Waals surface area contributed by atoms with Crippen molar-refractivity contribution in [1.29, 1.82) is 0 Å². The lowest BCUT2D eigenvalue weighted by Gasteiger charge is -2.55. The molecule has 2 fully saturated rings. The lowest BCUT2D eigenvalue weighted by molar-refractivity contribution is -0.258. The molecule has 3 atom stereocenters. The predicted octanol–water partition coefficient (Wildman–Crippen LogP) is -1.45. The van der Waals surface area contributed by atoms with Crippen LogP contribution in [0.3, 0.4) is 0 Å². The first kappa shape index (κ1) is 26.0. The second-order valence-corrected chi connectivity index (χ2v) is 9.73. The van der Waals surface area contributed by atoms with E-state index in [1.54, 1.807) is 7.05 Å². The molecule has 16 heteroatoms. The van der Waals surface area contributed by atoms with E-state index in [2.05, 4.69) is 20.8 Å². The fourth-order valence-corrected chi connectivity index (χ4v) is 5.61. The minimum Gasteiger partial charge on any atom is -0.481 e. The molecule has 0 aromatic carbocycles. The summed E-state index contributed by atoms with van der Waals surface area (Å²) in [6, 6.07) is 0. The van der Waals surface area contributed by atoms with Crippen molar-refractivity contribution in [1.82, 2.24) is 30.4 Å². The molecule has 1 saturated carbocycles. The van der Waals surface area contributed by atoms with E-state index in [0.717, 1.165) is 23.8 Å². The summed E-state index contributed by atoms with van der Waals surface area (Å²) in [5, 5.41) is 43.1. The number of ether oxygens (including phenoxy) is 2. The third kappa shape index (κ3) is 4.44. The fourth-order valence-electron chi connectivity index (χ4n) is 4.77. The number of aliphatic carboxylic acids is 2. The number of aliphatic hydroxyl groups excluding tert-OH is 1. The number of nitrogens with one attached hydrogen (secondary N) is 1. The van der Waals surface area contributed by atoms with Crippen LogP contribution in [0.2, 0.25) is 0 Å². The second kappa shape index (κ2) is 10.1. The molecular formula is C20H26N6O9S. The number of aliphatic hydroxyl groups is 1. The van der Waals surface area contributed by atoms with E-state index in [9.17, 15) is 34.5 Å². The highest BCUT2D eigenvalue weighted by molar-refractivity contribution is 7.99. The van der Waals surface area contributed by atoms with Gasteiger partial charge in [0, 0.05) is 19.9 Å². The second-order valence-electron chi connectivity index (χ2n) is 8.78. The standard InChI is InChI=1S/C20H26N6O9S/c1-25-19(22-23-24-25)36-8-10-7-35-18-20(34-2,17(33)26(18)13(10)16(31)32)21-14(28)12(15(29)30)9-3-5-11(27)6-4-9/h9,11-12,18,27H,3-8H2,1-2H3,(H,21,28)(H,29,30)(H,31,32)/t9?,11?,12-,18-,20+/m1/s1. The Morgan fingerprint density at radius 2 is 1.97 bits per heavy atom. The van der Waals surface area contributed by atoms with Crippen LogP contribution in [-0.2, 0) is 35.7 Å². The first-order chi connectivity index (χ1) is 17.1. The molecule has 15 nitrogen and oxygen atoms in total. The molecule has 196 valence electrons. The minimum absolute atomic E-state index is 0.118. The zero-order valence-corrected chi connectivity index (χ0v) is 20.3. The lowest BCUT2D eigenvalue weighted by atomic mass is 9.78. The number of hydrogen-bond donors (Lipinski definition) is 4. The number of amides is 2. The Hall–Kier alpha value is -3.08. The molecule has 1 aromatic heterocycles. The zero-order chi connectivity index (χ0) is 26.2. The number of aromatic nitrogens is 4. The number of carbonyl (C=O) groups is 4. The van der Waals surface area contributed by atoms with E-state index < -0.39 is 53.6 Å². The Morgan fingerprint density at radius 1 is 1.28 bits per heavy atom. The van der Waals surface area contributed by atoms with Gasteiger partial charge in [0.15, 0.2) is 6.23 Å². The van der Waals surface area contributed by atoms with Gasteiger partial charge in [0.2, 0.25) is 11.1 Å². The first-order valence-corrected chi connectivity index (χ1v) is 12.1. The molecule has 3 aliphatic rings. The molecule has 2 aliphatic heterocycles. The lowest BCUT2D eigenvalue weighted by Crippen LogP contribution is -2.83. The Kier molecular flexibility index (Phi) is 7.31. The number of methoxy groups -OCH3 is 1. The Morgan fingerprint density at radius 3 is 2.53 bits per heavy atom. The average Bonchev–Trinajstić information content (AvgIpc) is 3.25. The SMILES string of the molecule is CO[C@@]1(NC(=O)[C@H](C(=O)O)C2CCC(O)CC2)C(=O)N2C(C(=O)O)=C(CSc3nnnn3C)CO[C@@H]21. The highest BCUT2D eigenvalue weighted by Crippen LogP contribution is 2.42. The van der Waals surface area contributed by atoms with Crippen molar-refractivity contribution < 1.29 is 44.0 Å². The van der Waals surface area contributed by atoms with E-state index >= 15 is 0 Å². The number of aryl methyl sites for hydroxylation is 1. The van der Waals surface area contributed by atoms with Gasteiger partial charge in [0.1, 0.15) is 11.6 Å². The summed E-state index contributed by atoms with van der Waals surface area (Å²) >= 11 is 1.15. The number of carboxylic acids is 2. The number of rotatable bonds is 9. The maximum atomic E-state index is 13.2. The molecule has 0 radical (unpaired) electrons. The molecule has 2 amide bonds. The fraction of sp³-hybridized carbons (Fsp3) is 0.650. The van der Waals surface area contributed by atoms with Crippen molar-refractivity contribution in [2.75, 3.05) is 19.5 Å². The van der Waals surface area contributed by atoms with Crippen molar-refractivity contribution in [3.8, 4) is 0 Å². The molecule has 0 unspecified atom stereocenters. The van der Waals surface area contributed by atoms with Gasteiger partial charge >= 0.3 is 11.9 Å². The van der Waals surface area contributed by atoms with Gasteiger partial charge in [-0.05, 0) is 47.6 Å². The number of tetrazole rings is 1. The van der Waals surface area contributed by atoms with Crippen LogP contribution in [0, 0.1) is 11.8 Å². The molecule has 1 saturated heterocycles. The molecule has 3 heterocycles. The van der Waals surface area contributed by atoms with Crippen LogP contribution < -0.4 is 5.32 Å². The Bertz CT molecular complexity index is 1100. The highest BCUT2D eigenvalue weighted by Gasteiger charge is 2.68. The van der Waals surface area contributed by atoms with Crippen LogP contribution in [0.15, 0.2) is 16.4 Å². The molecule has 4 N–H and O–H groups in total. The molecule has 4 rings (SSSR count). The summed E-state index contributed by atoms with van der Waals surface area (Å²) in [6.07, 6.45) is -0.446. The van der Waals surface area contributed by atoms with Crippen molar-refractivity contribution in [2.45, 2.75) is 48.9 Å². The number of hydrogen-bond acceptors (Lipinski definition) is 11. The quantitative estimate of drug-likeness (QED) is 0.126. The average molecular weight is 527 g/mol. The molecular weight excluding hydrogens is 500 g/mol. The predicted molar refractivity (Wildman–Crippen MR) is 118 cm³/mol. The van der Waals surface area contributed by atoms with Crippen LogP contribution in [0.25, 0.3) is 0 Å². The van der Waals surface area contributed by atoms with E-state index in [4.69, 9.17) is 9.47 Å². The number of carbonyl (C=O) groups excluding carboxylic acids is 2. The van der Waals surface area contributed by atoms with Gasteiger partial charge in [-0.15, -0.1) is 5.10 Å². The van der Waals surface area contributed by atoms with Gasteiger partial charge in [-0.2, -0.15) is 0 Å². The van der Waals surface area contributed by atoms with E-state index in [1.165, 1.54) is 4.68 Å². The van der Waals surface area contributed by atoms with Crippen LogP contribution >= 0.6 is 11.8 Å². The summed E-state index contributed by atoms with van der Waals surface area (Å²) < 4.78 is 12.5. The zero-order valence-electron chi connectivity index (χ0n) is 19.5. The van der Waals surface area contributed by atoms with Crippen LogP contribution in [0.5, 0.6) is 0 Å². The van der Waals surface area contributed by atoms with Gasteiger partial charge in [-0.3, -0.25) is 19.3 Å². The minimum atomic E-state index is -2.08. The van der Waals surface area contributed by atoms with E-state index in [-0.39, 0.29) is 18.1 Å². The Balaban J connectivity index is 1.54. The normalized spacial score (nSPS) is 28.8. The van der Waals surface area contributed by atoms with Crippen molar-refractivity contribution >= 4 is 35.5 Å². The highest BCUT2D eigenvalue weighted by atomic mass is 32.2. The van der Waals surface area contributed by atoms with E-state index in [1.807, 2.05) is 0 Å². The monoisotopic (exact) mass is 526 g/mol. The van der Waals surface area contributed by atoms with Gasteiger partial charge in [-0.25, -0.2) is 9.48 Å². The van der Waals surface area contributed by atoms with Crippen LogP contribution in [-0.4, -0.2) is 102 Å². The summed E-state index contributed by atoms with van der Waals surface area (Å²) in [5.41, 5.74) is -2.09. The third-order valence-electron chi connectivity index (χ3n) is 6.66. The smallest absolute Gasteiger partial charge is 0.352 e. The summed E-state index contributed by atoms with van der Waals surface area (Å²) in [6.45, 7) is -0.182. The third-order valence-corrected chi connectivity index (χ3v) is 7.76. The van der Waals surface area contributed by atoms with Gasteiger partial charge in [0.05, 0.1) is 12.7 Å². The molecule has 0 spiro atoms. The van der Waals surface area contributed by atoms with Crippen molar-refractivity contribution in [3.63, 3.8) is 0 Å². The van der Waals surface area contributed by atoms with E-state index in [0.29, 0.717) is 36.4 Å². The Labute approximate surface area is 208 Å². The topological polar surface area (TPSA) is 206 Å². The summed E-state index contributed by atoms with van der Waals surface area (Å²) in [4.78, 5) is 51.2. The molecule has 36 heavy (non-hydrogen) atoms. The maximum absolute atomic E-state index is 13.2. The molecule has 1 aliphatic carbocycles. The molecule has 0 bridgehead atoms. The molecule has 1 aromatic rings.